The van der Waals surface area contributed by atoms with E-state index in [1.807, 2.05) is 22.7 Å². The molecule has 0 aliphatic heterocycles. The molecule has 0 atom stereocenters. The number of hydrogen-bond donors (Lipinski definition) is 0. The Bertz CT molecular complexity index is 1590. The van der Waals surface area contributed by atoms with Gasteiger partial charge in [-0.2, -0.15) is 0 Å². The molecule has 0 aliphatic rings. The van der Waals surface area contributed by atoms with E-state index >= 15 is 0 Å². The van der Waals surface area contributed by atoms with Crippen LogP contribution < -0.4 is 9.47 Å². The normalized spacial score (nSPS) is 11.9. The second kappa shape index (κ2) is 11.5. The Balaban J connectivity index is 1.30. The minimum Gasteiger partial charge on any atom is -0.494 e. The first kappa shape index (κ1) is 25.5. The molecule has 2 aromatic heterocycles. The summed E-state index contributed by atoms with van der Waals surface area (Å²) in [6.07, 6.45) is 9.82. The molecule has 2 heterocycles. The maximum Gasteiger partial charge on any atom is 0.119 e. The van der Waals surface area contributed by atoms with Gasteiger partial charge in [-0.3, -0.25) is 0 Å². The van der Waals surface area contributed by atoms with Gasteiger partial charge in [-0.1, -0.05) is 76.6 Å². The molecule has 2 nitrogen and oxygen atoms in total. The monoisotopic (exact) mass is 540 g/mol. The summed E-state index contributed by atoms with van der Waals surface area (Å²) in [5.74, 6) is 1.96. The van der Waals surface area contributed by atoms with Crippen molar-refractivity contribution in [2.45, 2.75) is 65.2 Å². The zero-order valence-electron chi connectivity index (χ0n) is 22.5. The first-order valence-corrected chi connectivity index (χ1v) is 15.9. The second-order valence-electron chi connectivity index (χ2n) is 10.3. The summed E-state index contributed by atoms with van der Waals surface area (Å²) in [6, 6.07) is 22.4. The van der Waals surface area contributed by atoms with Gasteiger partial charge in [-0.25, -0.2) is 0 Å². The van der Waals surface area contributed by atoms with Crippen LogP contribution in [0.4, 0.5) is 0 Å². The third kappa shape index (κ3) is 4.97. The molecule has 0 saturated heterocycles. The summed E-state index contributed by atoms with van der Waals surface area (Å²) in [5, 5.41) is 9.30. The first-order chi connectivity index (χ1) is 18.8. The Kier molecular flexibility index (Phi) is 7.71. The van der Waals surface area contributed by atoms with E-state index in [-0.39, 0.29) is 0 Å². The lowest BCUT2D eigenvalue weighted by Gasteiger charge is -2.08. The summed E-state index contributed by atoms with van der Waals surface area (Å²) in [5.41, 5.74) is 0. The third-order valence-corrected chi connectivity index (χ3v) is 10.1. The van der Waals surface area contributed by atoms with E-state index < -0.39 is 0 Å². The molecule has 0 spiro atoms. The highest BCUT2D eigenvalue weighted by Gasteiger charge is 2.16. The number of rotatable bonds is 12. The predicted molar refractivity (Wildman–Crippen MR) is 169 cm³/mol. The van der Waals surface area contributed by atoms with Crippen molar-refractivity contribution in [2.75, 3.05) is 13.2 Å². The van der Waals surface area contributed by atoms with Gasteiger partial charge in [0.15, 0.2) is 0 Å². The summed E-state index contributed by atoms with van der Waals surface area (Å²) >= 11 is 3.86. The number of unbranched alkanes of at least 4 members (excludes halogenated alkanes) is 6. The molecule has 6 aromatic rings. The average Bonchev–Trinajstić information content (AvgIpc) is 3.49. The molecule has 0 saturated carbocycles. The van der Waals surface area contributed by atoms with E-state index in [1.165, 1.54) is 89.6 Å². The Morgan fingerprint density at radius 2 is 1.00 bits per heavy atom. The molecule has 0 fully saturated rings. The molecule has 0 radical (unpaired) electrons. The highest BCUT2D eigenvalue weighted by atomic mass is 32.2. The highest BCUT2D eigenvalue weighted by molar-refractivity contribution is 7.45. The van der Waals surface area contributed by atoms with Crippen molar-refractivity contribution in [2.24, 2.45) is 0 Å². The molecule has 6 rings (SSSR count). The van der Waals surface area contributed by atoms with Crippen molar-refractivity contribution in [1.82, 2.24) is 0 Å². The smallest absolute Gasteiger partial charge is 0.119 e. The Hall–Kier alpha value is -2.82. The molecule has 196 valence electrons. The molecule has 0 aliphatic carbocycles. The van der Waals surface area contributed by atoms with Crippen molar-refractivity contribution in [1.29, 1.82) is 0 Å². The average molecular weight is 541 g/mol. The molecule has 0 unspecified atom stereocenters. The lowest BCUT2D eigenvalue weighted by molar-refractivity contribution is 0.305. The van der Waals surface area contributed by atoms with Gasteiger partial charge in [-0.15, -0.1) is 22.7 Å². The van der Waals surface area contributed by atoms with Gasteiger partial charge in [0, 0.05) is 25.6 Å². The number of benzene rings is 4. The molecule has 4 aromatic carbocycles. The minimum atomic E-state index is 0.801. The van der Waals surface area contributed by atoms with Crippen LogP contribution in [0.1, 0.15) is 65.2 Å². The van der Waals surface area contributed by atoms with Crippen molar-refractivity contribution < 1.29 is 9.47 Å². The van der Waals surface area contributed by atoms with Gasteiger partial charge >= 0.3 is 0 Å². The lowest BCUT2D eigenvalue weighted by Crippen LogP contribution is -1.97. The van der Waals surface area contributed by atoms with Gasteiger partial charge in [0.05, 0.1) is 17.2 Å². The quantitative estimate of drug-likeness (QED) is 0.144. The maximum atomic E-state index is 6.06. The van der Waals surface area contributed by atoms with E-state index in [9.17, 15) is 0 Å². The van der Waals surface area contributed by atoms with E-state index in [0.29, 0.717) is 0 Å². The molecular formula is C34H36O2S2. The van der Waals surface area contributed by atoms with Gasteiger partial charge in [0.1, 0.15) is 11.5 Å². The van der Waals surface area contributed by atoms with Gasteiger partial charge in [0.25, 0.3) is 0 Å². The Morgan fingerprint density at radius 1 is 0.526 bits per heavy atom. The van der Waals surface area contributed by atoms with Crippen LogP contribution in [0.25, 0.3) is 51.1 Å². The maximum absolute atomic E-state index is 6.06. The zero-order chi connectivity index (χ0) is 25.9. The number of hydrogen-bond acceptors (Lipinski definition) is 4. The van der Waals surface area contributed by atoms with Crippen LogP contribution in [0.5, 0.6) is 11.5 Å². The fraction of sp³-hybridized carbons (Fsp3) is 0.353. The molecule has 38 heavy (non-hydrogen) atoms. The fourth-order valence-corrected chi connectivity index (χ4v) is 8.30. The van der Waals surface area contributed by atoms with Crippen molar-refractivity contribution in [3.63, 3.8) is 0 Å². The fourth-order valence-electron chi connectivity index (χ4n) is 5.46. The van der Waals surface area contributed by atoms with Crippen LogP contribution in [0.3, 0.4) is 0 Å². The van der Waals surface area contributed by atoms with E-state index in [2.05, 4.69) is 74.5 Å². The number of thiophene rings is 2. The zero-order valence-corrected chi connectivity index (χ0v) is 24.1. The van der Waals surface area contributed by atoms with Crippen molar-refractivity contribution >= 4 is 73.8 Å². The van der Waals surface area contributed by atoms with Crippen LogP contribution in [-0.4, -0.2) is 13.2 Å². The van der Waals surface area contributed by atoms with Gasteiger partial charge in [0.2, 0.25) is 0 Å². The summed E-state index contributed by atoms with van der Waals surface area (Å²) < 4.78 is 16.3. The molecular weight excluding hydrogens is 505 g/mol. The van der Waals surface area contributed by atoms with E-state index in [1.54, 1.807) is 0 Å². The summed E-state index contributed by atoms with van der Waals surface area (Å²) in [7, 11) is 0. The third-order valence-electron chi connectivity index (χ3n) is 7.55. The number of ether oxygens (including phenoxy) is 2. The standard InChI is InChI=1S/C34H36O2S2/c1-3-5-7-9-19-35-25-13-17-27-23(21-25)11-15-29-31-30-16-12-24-22-26(36-20-10-8-6-4-2)14-18-28(24)33(30)38-34(31)37-32(27)29/h11-18,21-22H,3-10,19-20H2,1-2H3. The highest BCUT2D eigenvalue weighted by Crippen LogP contribution is 2.48. The predicted octanol–water partition coefficient (Wildman–Crippen LogP) is 11.5. The molecule has 4 heteroatoms. The van der Waals surface area contributed by atoms with Crippen LogP contribution in [0.15, 0.2) is 60.7 Å². The largest absolute Gasteiger partial charge is 0.494 e. The summed E-state index contributed by atoms with van der Waals surface area (Å²) in [4.78, 5) is 0. The first-order valence-electron chi connectivity index (χ1n) is 14.3. The van der Waals surface area contributed by atoms with Crippen LogP contribution in [0, 0.1) is 0 Å². The van der Waals surface area contributed by atoms with Gasteiger partial charge < -0.3 is 9.47 Å². The van der Waals surface area contributed by atoms with E-state index in [4.69, 9.17) is 9.47 Å². The molecule has 0 bridgehead atoms. The Labute approximate surface area is 233 Å². The van der Waals surface area contributed by atoms with Crippen LogP contribution in [0.2, 0.25) is 0 Å². The van der Waals surface area contributed by atoms with Crippen LogP contribution >= 0.6 is 22.7 Å². The topological polar surface area (TPSA) is 18.5 Å². The SMILES string of the molecule is CCCCCCOc1ccc2c(ccc3c2sc2sc4c5ccc(OCCCCCC)cc5ccc4c23)c1. The lowest BCUT2D eigenvalue weighted by atomic mass is 10.0. The minimum absolute atomic E-state index is 0.801. The van der Waals surface area contributed by atoms with Crippen molar-refractivity contribution in [3.05, 3.63) is 60.7 Å². The second-order valence-corrected chi connectivity index (χ2v) is 12.6. The molecule has 0 N–H and O–H groups in total. The summed E-state index contributed by atoms with van der Waals surface area (Å²) in [6.45, 7) is 6.09. The van der Waals surface area contributed by atoms with E-state index in [0.717, 1.165) is 37.6 Å². The Morgan fingerprint density at radius 3 is 1.47 bits per heavy atom. The van der Waals surface area contributed by atoms with Gasteiger partial charge in [-0.05, 0) is 70.8 Å². The van der Waals surface area contributed by atoms with Crippen molar-refractivity contribution in [3.8, 4) is 11.5 Å². The molecule has 0 amide bonds. The van der Waals surface area contributed by atoms with Crippen LogP contribution in [-0.2, 0) is 0 Å². The number of fused-ring (bicyclic) bond motifs is 9.